The average Bonchev–Trinajstić information content (AvgIpc) is 2.45. The third kappa shape index (κ3) is 3.17. The standard InChI is InChI=1S/C9H20O4P2/c1-4-8(2)13-15(11,12)9-6-5-7-14(9,3)10/h8-9H,4-7H2,1-3H3,(H,11,12). The summed E-state index contributed by atoms with van der Waals surface area (Å²) in [6, 6.07) is 0. The first-order valence-corrected chi connectivity index (χ1v) is 9.42. The maximum atomic E-state index is 12.0. The first-order chi connectivity index (χ1) is 6.79. The van der Waals surface area contributed by atoms with E-state index < -0.39 is 20.1 Å². The van der Waals surface area contributed by atoms with Crippen LogP contribution in [0.5, 0.6) is 0 Å². The molecule has 0 aliphatic carbocycles. The van der Waals surface area contributed by atoms with Crippen LogP contribution >= 0.6 is 14.7 Å². The van der Waals surface area contributed by atoms with Gasteiger partial charge in [-0.05, 0) is 32.9 Å². The third-order valence-electron chi connectivity index (χ3n) is 2.98. The van der Waals surface area contributed by atoms with Crippen molar-refractivity contribution in [2.24, 2.45) is 0 Å². The minimum atomic E-state index is -3.70. The molecule has 0 spiro atoms. The Kier molecular flexibility index (Phi) is 4.22. The maximum Gasteiger partial charge on any atom is 0.338 e. The van der Waals surface area contributed by atoms with Gasteiger partial charge in [0.05, 0.1) is 13.2 Å². The van der Waals surface area contributed by atoms with Crippen LogP contribution in [0.2, 0.25) is 0 Å². The zero-order chi connectivity index (χ0) is 11.7. The molecule has 6 heteroatoms. The molecule has 1 saturated heterocycles. The molecular formula is C9H20O4P2. The van der Waals surface area contributed by atoms with Gasteiger partial charge in [0.15, 0.2) is 0 Å². The fourth-order valence-corrected chi connectivity index (χ4v) is 8.01. The van der Waals surface area contributed by atoms with Gasteiger partial charge in [0.2, 0.25) is 0 Å². The molecule has 0 aromatic heterocycles. The molecule has 0 aromatic carbocycles. The molecule has 4 unspecified atom stereocenters. The van der Waals surface area contributed by atoms with Gasteiger partial charge in [-0.1, -0.05) is 6.92 Å². The Morgan fingerprint density at radius 2 is 2.27 bits per heavy atom. The molecule has 90 valence electrons. The van der Waals surface area contributed by atoms with Gasteiger partial charge >= 0.3 is 7.60 Å². The molecule has 1 rings (SSSR count). The molecule has 1 N–H and O–H groups in total. The topological polar surface area (TPSA) is 63.6 Å². The van der Waals surface area contributed by atoms with Crippen molar-refractivity contribution in [3.63, 3.8) is 0 Å². The Morgan fingerprint density at radius 3 is 2.67 bits per heavy atom. The molecule has 4 nitrogen and oxygen atoms in total. The second kappa shape index (κ2) is 4.71. The van der Waals surface area contributed by atoms with Gasteiger partial charge in [0.1, 0.15) is 5.40 Å². The second-order valence-corrected chi connectivity index (χ2v) is 10.2. The van der Waals surface area contributed by atoms with Crippen molar-refractivity contribution in [2.45, 2.75) is 44.6 Å². The van der Waals surface area contributed by atoms with Crippen LogP contribution < -0.4 is 0 Å². The maximum absolute atomic E-state index is 12.0. The van der Waals surface area contributed by atoms with Gasteiger partial charge in [-0.2, -0.15) is 0 Å². The molecule has 0 bridgehead atoms. The van der Waals surface area contributed by atoms with Crippen molar-refractivity contribution in [3.8, 4) is 0 Å². The molecule has 1 heterocycles. The van der Waals surface area contributed by atoms with Crippen molar-refractivity contribution >= 4 is 14.7 Å². The second-order valence-electron chi connectivity index (χ2n) is 4.41. The average molecular weight is 254 g/mol. The first-order valence-electron chi connectivity index (χ1n) is 5.36. The summed E-state index contributed by atoms with van der Waals surface area (Å²) in [4.78, 5) is 9.81. The van der Waals surface area contributed by atoms with Crippen LogP contribution in [0, 0.1) is 0 Å². The summed E-state index contributed by atoms with van der Waals surface area (Å²) in [7, 11) is -6.18. The highest BCUT2D eigenvalue weighted by Crippen LogP contribution is 2.70. The minimum absolute atomic E-state index is 0.249. The zero-order valence-corrected chi connectivity index (χ0v) is 11.3. The monoisotopic (exact) mass is 254 g/mol. The lowest BCUT2D eigenvalue weighted by Crippen LogP contribution is -2.12. The summed E-state index contributed by atoms with van der Waals surface area (Å²) in [5.41, 5.74) is 0. The molecule has 0 aromatic rings. The fraction of sp³-hybridized carbons (Fsp3) is 1.00. The molecule has 15 heavy (non-hydrogen) atoms. The predicted molar refractivity (Wildman–Crippen MR) is 62.1 cm³/mol. The van der Waals surface area contributed by atoms with Gasteiger partial charge < -0.3 is 14.0 Å². The SMILES string of the molecule is CCC(C)OP(=O)(O)C1CCCP1(C)=O. The molecule has 1 aliphatic heterocycles. The Balaban J connectivity index is 2.77. The van der Waals surface area contributed by atoms with Crippen LogP contribution in [0.25, 0.3) is 0 Å². The lowest BCUT2D eigenvalue weighted by molar-refractivity contribution is 0.183. The largest absolute Gasteiger partial charge is 0.338 e. The van der Waals surface area contributed by atoms with Crippen LogP contribution in [0.15, 0.2) is 0 Å². The highest BCUT2D eigenvalue weighted by molar-refractivity contribution is 7.77. The van der Waals surface area contributed by atoms with Crippen LogP contribution in [-0.4, -0.2) is 29.2 Å². The van der Waals surface area contributed by atoms with Gasteiger partial charge in [0, 0.05) is 6.16 Å². The first kappa shape index (κ1) is 13.4. The van der Waals surface area contributed by atoms with Crippen molar-refractivity contribution < 1.29 is 18.5 Å². The Morgan fingerprint density at radius 1 is 1.67 bits per heavy atom. The Labute approximate surface area is 91.3 Å². The molecular weight excluding hydrogens is 234 g/mol. The van der Waals surface area contributed by atoms with E-state index in [1.165, 1.54) is 0 Å². The molecule has 1 fully saturated rings. The number of hydrogen-bond donors (Lipinski definition) is 1. The van der Waals surface area contributed by atoms with Crippen molar-refractivity contribution in [3.05, 3.63) is 0 Å². The number of rotatable bonds is 4. The normalized spacial score (nSPS) is 37.5. The van der Waals surface area contributed by atoms with Gasteiger partial charge in [-0.15, -0.1) is 0 Å². The number of hydrogen-bond acceptors (Lipinski definition) is 3. The highest BCUT2D eigenvalue weighted by atomic mass is 31.2. The molecule has 4 atom stereocenters. The summed E-state index contributed by atoms with van der Waals surface area (Å²) in [6.45, 7) is 5.27. The summed E-state index contributed by atoms with van der Waals surface area (Å²) >= 11 is 0. The van der Waals surface area contributed by atoms with Crippen molar-refractivity contribution in [2.75, 3.05) is 12.8 Å². The summed E-state index contributed by atoms with van der Waals surface area (Å²) in [5, 5.41) is -0.626. The lowest BCUT2D eigenvalue weighted by atomic mass is 10.3. The van der Waals surface area contributed by atoms with Crippen LogP contribution in [-0.2, 0) is 13.7 Å². The Hall–Kier alpha value is 0.380. The van der Waals surface area contributed by atoms with E-state index in [0.29, 0.717) is 19.0 Å². The summed E-state index contributed by atoms with van der Waals surface area (Å²) in [5.74, 6) is 0. The molecule has 0 saturated carbocycles. The van der Waals surface area contributed by atoms with E-state index in [0.717, 1.165) is 6.42 Å². The van der Waals surface area contributed by atoms with E-state index in [1.54, 1.807) is 13.6 Å². The van der Waals surface area contributed by atoms with E-state index in [1.807, 2.05) is 6.92 Å². The zero-order valence-electron chi connectivity index (χ0n) is 9.55. The van der Waals surface area contributed by atoms with E-state index in [4.69, 9.17) is 4.52 Å². The lowest BCUT2D eigenvalue weighted by Gasteiger charge is -2.24. The molecule has 1 aliphatic rings. The molecule has 0 radical (unpaired) electrons. The summed E-state index contributed by atoms with van der Waals surface area (Å²) < 4.78 is 29.2. The van der Waals surface area contributed by atoms with Crippen molar-refractivity contribution in [1.29, 1.82) is 0 Å². The van der Waals surface area contributed by atoms with Gasteiger partial charge in [-0.3, -0.25) is 4.57 Å². The molecule has 0 amide bonds. The predicted octanol–water partition coefficient (Wildman–Crippen LogP) is 3.10. The smallest absolute Gasteiger partial charge is 0.324 e. The van der Waals surface area contributed by atoms with E-state index >= 15 is 0 Å². The van der Waals surface area contributed by atoms with Crippen LogP contribution in [0.1, 0.15) is 33.1 Å². The van der Waals surface area contributed by atoms with Crippen LogP contribution in [0.3, 0.4) is 0 Å². The van der Waals surface area contributed by atoms with Gasteiger partial charge in [-0.25, -0.2) is 0 Å². The van der Waals surface area contributed by atoms with Crippen LogP contribution in [0.4, 0.5) is 0 Å². The highest BCUT2D eigenvalue weighted by Gasteiger charge is 2.47. The van der Waals surface area contributed by atoms with Crippen molar-refractivity contribution in [1.82, 2.24) is 0 Å². The minimum Gasteiger partial charge on any atom is -0.324 e. The van der Waals surface area contributed by atoms with E-state index in [-0.39, 0.29) is 6.10 Å². The van der Waals surface area contributed by atoms with E-state index in [2.05, 4.69) is 0 Å². The summed E-state index contributed by atoms with van der Waals surface area (Å²) in [6.07, 6.45) is 2.34. The fourth-order valence-electron chi connectivity index (χ4n) is 1.88. The van der Waals surface area contributed by atoms with Gasteiger partial charge in [0.25, 0.3) is 0 Å². The third-order valence-corrected chi connectivity index (χ3v) is 9.72. The quantitative estimate of drug-likeness (QED) is 0.783. The van der Waals surface area contributed by atoms with E-state index in [9.17, 15) is 14.0 Å². The Bertz CT molecular complexity index is 315.